The third kappa shape index (κ3) is 3.78. The van der Waals surface area contributed by atoms with Crippen molar-refractivity contribution in [3.8, 4) is 0 Å². The summed E-state index contributed by atoms with van der Waals surface area (Å²) >= 11 is 1.34. The second-order valence-corrected chi connectivity index (χ2v) is 9.07. The zero-order chi connectivity index (χ0) is 21.3. The van der Waals surface area contributed by atoms with Crippen molar-refractivity contribution >= 4 is 40.6 Å². The highest BCUT2D eigenvalue weighted by molar-refractivity contribution is 7.99. The molecule has 1 saturated heterocycles. The molecule has 2 heterocycles. The van der Waals surface area contributed by atoms with Gasteiger partial charge in [-0.25, -0.2) is 9.78 Å². The molecule has 0 spiro atoms. The van der Waals surface area contributed by atoms with E-state index >= 15 is 0 Å². The van der Waals surface area contributed by atoms with Crippen molar-refractivity contribution in [1.82, 2.24) is 25.3 Å². The molecule has 0 bridgehead atoms. The maximum atomic E-state index is 12.5. The number of hydrogen-bond acceptors (Lipinski definition) is 5. The average Bonchev–Trinajstić information content (AvgIpc) is 3.23. The number of aromatic nitrogens is 2. The topological polar surface area (TPSA) is 96.3 Å². The number of amides is 4. The number of nitrogens with one attached hydrogen (secondary N) is 2. The molecule has 2 aromatic rings. The van der Waals surface area contributed by atoms with E-state index in [4.69, 9.17) is 4.98 Å². The smallest absolute Gasteiger partial charge is 0.322 e. The second kappa shape index (κ2) is 8.29. The molecule has 1 aliphatic carbocycles. The molecule has 4 amide bonds. The first kappa shape index (κ1) is 20.7. The molecule has 1 aromatic heterocycles. The molecule has 2 N–H and O–H groups in total. The van der Waals surface area contributed by atoms with E-state index in [1.807, 2.05) is 25.1 Å². The van der Waals surface area contributed by atoms with Crippen LogP contribution >= 0.6 is 11.8 Å². The maximum absolute atomic E-state index is 12.5. The van der Waals surface area contributed by atoms with Crippen LogP contribution < -0.4 is 10.7 Å². The van der Waals surface area contributed by atoms with Crippen molar-refractivity contribution in [1.29, 1.82) is 0 Å². The summed E-state index contributed by atoms with van der Waals surface area (Å²) in [4.78, 5) is 41.8. The fourth-order valence-corrected chi connectivity index (χ4v) is 5.00. The molecule has 160 valence electrons. The Morgan fingerprint density at radius 3 is 2.70 bits per heavy atom. The van der Waals surface area contributed by atoms with Gasteiger partial charge in [-0.15, -0.1) is 0 Å². The summed E-state index contributed by atoms with van der Waals surface area (Å²) in [5, 5.41) is 4.22. The Bertz CT molecular complexity index is 984. The number of para-hydroxylation sites is 2. The average molecular weight is 430 g/mol. The standard InChI is InChI=1S/C21H27N5O3S/c1-3-21(2)18(28)26(19(29)23-21)24-17(27)13-30-20-22-15-11-7-8-12-16(15)25(20)14-9-5-4-6-10-14/h7-8,11-12,14H,3-6,9-10,13H2,1-2H3,(H,23,29)(H,24,27)/t21-/m0/s1. The van der Waals surface area contributed by atoms with Crippen LogP contribution in [0, 0.1) is 0 Å². The zero-order valence-corrected chi connectivity index (χ0v) is 18.1. The first-order chi connectivity index (χ1) is 14.4. The van der Waals surface area contributed by atoms with Gasteiger partial charge in [-0.3, -0.25) is 15.0 Å². The molecule has 2 fully saturated rings. The largest absolute Gasteiger partial charge is 0.344 e. The first-order valence-corrected chi connectivity index (χ1v) is 11.5. The fourth-order valence-electron chi connectivity index (χ4n) is 4.13. The van der Waals surface area contributed by atoms with Gasteiger partial charge >= 0.3 is 6.03 Å². The number of carbonyl (C=O) groups is 3. The molecule has 9 heteroatoms. The molecule has 2 aliphatic rings. The number of hydrogen-bond donors (Lipinski definition) is 2. The minimum Gasteiger partial charge on any atom is -0.322 e. The van der Waals surface area contributed by atoms with Gasteiger partial charge in [0.1, 0.15) is 5.54 Å². The second-order valence-electron chi connectivity index (χ2n) is 8.12. The van der Waals surface area contributed by atoms with Crippen molar-refractivity contribution in [2.75, 3.05) is 5.75 Å². The molecule has 0 unspecified atom stereocenters. The van der Waals surface area contributed by atoms with Gasteiger partial charge in [0, 0.05) is 6.04 Å². The zero-order valence-electron chi connectivity index (χ0n) is 17.3. The van der Waals surface area contributed by atoms with Crippen LogP contribution in [0.2, 0.25) is 0 Å². The lowest BCUT2D eigenvalue weighted by molar-refractivity contribution is -0.137. The number of thioether (sulfide) groups is 1. The predicted octanol–water partition coefficient (Wildman–Crippen LogP) is 3.39. The van der Waals surface area contributed by atoms with E-state index in [9.17, 15) is 14.4 Å². The van der Waals surface area contributed by atoms with E-state index in [0.717, 1.165) is 34.0 Å². The number of imide groups is 1. The van der Waals surface area contributed by atoms with Gasteiger partial charge < -0.3 is 9.88 Å². The highest BCUT2D eigenvalue weighted by Crippen LogP contribution is 2.35. The van der Waals surface area contributed by atoms with E-state index in [2.05, 4.69) is 21.4 Å². The summed E-state index contributed by atoms with van der Waals surface area (Å²) in [6, 6.07) is 7.80. The number of urea groups is 1. The van der Waals surface area contributed by atoms with Gasteiger partial charge in [-0.2, -0.15) is 5.01 Å². The highest BCUT2D eigenvalue weighted by Gasteiger charge is 2.47. The quantitative estimate of drug-likeness (QED) is 0.542. The summed E-state index contributed by atoms with van der Waals surface area (Å²) in [5.41, 5.74) is 3.47. The number of rotatable bonds is 6. The maximum Gasteiger partial charge on any atom is 0.344 e. The van der Waals surface area contributed by atoms with Crippen LogP contribution in [0.1, 0.15) is 58.4 Å². The summed E-state index contributed by atoms with van der Waals surface area (Å²) < 4.78 is 2.26. The Balaban J connectivity index is 1.48. The van der Waals surface area contributed by atoms with E-state index in [1.54, 1.807) is 6.92 Å². The molecular formula is C21H27N5O3S. The monoisotopic (exact) mass is 429 g/mol. The first-order valence-electron chi connectivity index (χ1n) is 10.5. The summed E-state index contributed by atoms with van der Waals surface area (Å²) in [7, 11) is 0. The molecule has 30 heavy (non-hydrogen) atoms. The van der Waals surface area contributed by atoms with Crippen molar-refractivity contribution in [3.63, 3.8) is 0 Å². The molecule has 0 radical (unpaired) electrons. The molecular weight excluding hydrogens is 402 g/mol. The van der Waals surface area contributed by atoms with Gasteiger partial charge in [-0.1, -0.05) is 50.1 Å². The summed E-state index contributed by atoms with van der Waals surface area (Å²) in [6.45, 7) is 3.47. The molecule has 8 nitrogen and oxygen atoms in total. The number of hydrazine groups is 1. The van der Waals surface area contributed by atoms with E-state index in [0.29, 0.717) is 12.5 Å². The molecule has 1 saturated carbocycles. The molecule has 4 rings (SSSR count). The van der Waals surface area contributed by atoms with Crippen molar-refractivity contribution in [3.05, 3.63) is 24.3 Å². The minimum atomic E-state index is -0.980. The molecule has 1 aliphatic heterocycles. The Kier molecular flexibility index (Phi) is 5.73. The van der Waals surface area contributed by atoms with Crippen LogP contribution in [0.3, 0.4) is 0 Å². The Labute approximate surface area is 179 Å². The number of benzene rings is 1. The predicted molar refractivity (Wildman–Crippen MR) is 115 cm³/mol. The van der Waals surface area contributed by atoms with E-state index < -0.39 is 23.4 Å². The van der Waals surface area contributed by atoms with Crippen molar-refractivity contribution in [2.45, 2.75) is 69.1 Å². The van der Waals surface area contributed by atoms with Gasteiger partial charge in [-0.05, 0) is 38.3 Å². The highest BCUT2D eigenvalue weighted by atomic mass is 32.2. The van der Waals surface area contributed by atoms with Crippen molar-refractivity contribution < 1.29 is 14.4 Å². The van der Waals surface area contributed by atoms with Crippen LogP contribution in [0.15, 0.2) is 29.4 Å². The number of imidazole rings is 1. The van der Waals surface area contributed by atoms with Crippen LogP contribution in [0.5, 0.6) is 0 Å². The van der Waals surface area contributed by atoms with Crippen LogP contribution in [0.4, 0.5) is 4.79 Å². The third-order valence-electron chi connectivity index (χ3n) is 6.04. The van der Waals surface area contributed by atoms with E-state index in [-0.39, 0.29) is 5.75 Å². The van der Waals surface area contributed by atoms with Crippen LogP contribution in [0.25, 0.3) is 11.0 Å². The Morgan fingerprint density at radius 2 is 2.00 bits per heavy atom. The Morgan fingerprint density at radius 1 is 1.27 bits per heavy atom. The van der Waals surface area contributed by atoms with Gasteiger partial charge in [0.25, 0.3) is 5.91 Å². The number of carbonyl (C=O) groups excluding carboxylic acids is 3. The van der Waals surface area contributed by atoms with Gasteiger partial charge in [0.05, 0.1) is 16.8 Å². The number of nitrogens with zero attached hydrogens (tertiary/aromatic N) is 3. The molecule has 1 aromatic carbocycles. The minimum absolute atomic E-state index is 0.0654. The van der Waals surface area contributed by atoms with Gasteiger partial charge in [0.2, 0.25) is 5.91 Å². The van der Waals surface area contributed by atoms with Crippen molar-refractivity contribution in [2.24, 2.45) is 0 Å². The van der Waals surface area contributed by atoms with Crippen LogP contribution in [-0.4, -0.2) is 43.7 Å². The normalized spacial score (nSPS) is 22.5. The lowest BCUT2D eigenvalue weighted by atomic mass is 9.95. The molecule has 1 atom stereocenters. The SMILES string of the molecule is CC[C@]1(C)NC(=O)N(NC(=O)CSc2nc3ccccc3n2C2CCCCC2)C1=O. The lowest BCUT2D eigenvalue weighted by Crippen LogP contribution is -2.49. The number of fused-ring (bicyclic) bond motifs is 1. The van der Waals surface area contributed by atoms with E-state index in [1.165, 1.54) is 31.0 Å². The van der Waals surface area contributed by atoms with Gasteiger partial charge in [0.15, 0.2) is 5.16 Å². The van der Waals surface area contributed by atoms with Crippen LogP contribution in [-0.2, 0) is 9.59 Å². The summed E-state index contributed by atoms with van der Waals surface area (Å²) in [5.74, 6) is -0.787. The third-order valence-corrected chi connectivity index (χ3v) is 6.99. The Hall–Kier alpha value is -2.55. The fraction of sp³-hybridized carbons (Fsp3) is 0.524. The lowest BCUT2D eigenvalue weighted by Gasteiger charge is -2.25. The summed E-state index contributed by atoms with van der Waals surface area (Å²) in [6.07, 6.45) is 6.32.